The summed E-state index contributed by atoms with van der Waals surface area (Å²) in [5.74, 6) is -0.215. The molecule has 2 N–H and O–H groups in total. The Morgan fingerprint density at radius 2 is 1.97 bits per heavy atom. The first kappa shape index (κ1) is 21.8. The van der Waals surface area contributed by atoms with Crippen LogP contribution in [0.5, 0.6) is 5.75 Å². The number of sulfonamides is 1. The molecule has 0 unspecified atom stereocenters. The molecule has 0 aliphatic rings. The van der Waals surface area contributed by atoms with Gasteiger partial charge >= 0.3 is 0 Å². The average Bonchev–Trinajstić information content (AvgIpc) is 3.25. The van der Waals surface area contributed by atoms with Gasteiger partial charge in [0.1, 0.15) is 10.6 Å². The third-order valence-electron chi connectivity index (χ3n) is 4.22. The Labute approximate surface area is 183 Å². The number of methoxy groups -OCH3 is 1. The Morgan fingerprint density at radius 3 is 2.63 bits per heavy atom. The summed E-state index contributed by atoms with van der Waals surface area (Å²) < 4.78 is 36.1. The van der Waals surface area contributed by atoms with Crippen molar-refractivity contribution in [3.8, 4) is 5.75 Å². The lowest BCUT2D eigenvalue weighted by Crippen LogP contribution is -2.26. The monoisotopic (exact) mass is 492 g/mol. The Hall–Kier alpha value is -2.85. The molecule has 10 heteroatoms. The van der Waals surface area contributed by atoms with Crippen LogP contribution in [0.1, 0.15) is 16.8 Å². The first-order valence-electron chi connectivity index (χ1n) is 9.11. The summed E-state index contributed by atoms with van der Waals surface area (Å²) in [6, 6.07) is 12.8. The van der Waals surface area contributed by atoms with E-state index in [9.17, 15) is 13.2 Å². The molecule has 3 aromatic rings. The molecule has 30 heavy (non-hydrogen) atoms. The molecule has 1 heterocycles. The molecule has 0 spiro atoms. The summed E-state index contributed by atoms with van der Waals surface area (Å²) >= 11 is 3.31. The molecule has 0 saturated heterocycles. The van der Waals surface area contributed by atoms with E-state index in [1.165, 1.54) is 25.3 Å². The van der Waals surface area contributed by atoms with E-state index < -0.39 is 10.0 Å². The summed E-state index contributed by atoms with van der Waals surface area (Å²) in [4.78, 5) is 12.4. The zero-order valence-electron chi connectivity index (χ0n) is 16.2. The SMILES string of the molecule is COc1ccc(C(=O)NCCCn2cccn2)cc1S(=O)(=O)Nc1ccc(Br)cc1. The molecule has 3 rings (SSSR count). The van der Waals surface area contributed by atoms with Gasteiger partial charge < -0.3 is 10.1 Å². The number of anilines is 1. The molecule has 0 fully saturated rings. The normalized spacial score (nSPS) is 11.1. The molecule has 0 aliphatic heterocycles. The van der Waals surface area contributed by atoms with E-state index in [-0.39, 0.29) is 22.1 Å². The number of nitrogens with zero attached hydrogens (tertiary/aromatic N) is 2. The van der Waals surface area contributed by atoms with E-state index in [0.29, 0.717) is 25.2 Å². The first-order chi connectivity index (χ1) is 14.4. The van der Waals surface area contributed by atoms with Crippen LogP contribution in [0.15, 0.2) is 70.3 Å². The highest BCUT2D eigenvalue weighted by atomic mass is 79.9. The van der Waals surface area contributed by atoms with Crippen LogP contribution >= 0.6 is 15.9 Å². The first-order valence-corrected chi connectivity index (χ1v) is 11.4. The fourth-order valence-electron chi connectivity index (χ4n) is 2.73. The summed E-state index contributed by atoms with van der Waals surface area (Å²) in [6.07, 6.45) is 4.24. The lowest BCUT2D eigenvalue weighted by Gasteiger charge is -2.13. The Kier molecular flexibility index (Phi) is 7.11. The molecule has 8 nitrogen and oxygen atoms in total. The van der Waals surface area contributed by atoms with Crippen molar-refractivity contribution in [1.29, 1.82) is 0 Å². The molecular formula is C20H21BrN4O4S. The minimum absolute atomic E-state index is 0.114. The van der Waals surface area contributed by atoms with Crippen LogP contribution in [-0.4, -0.2) is 37.8 Å². The van der Waals surface area contributed by atoms with Gasteiger partial charge in [-0.25, -0.2) is 8.42 Å². The number of hydrogen-bond donors (Lipinski definition) is 2. The van der Waals surface area contributed by atoms with Crippen LogP contribution in [0, 0.1) is 0 Å². The predicted octanol–water partition coefficient (Wildman–Crippen LogP) is 3.28. The molecule has 1 aromatic heterocycles. The van der Waals surface area contributed by atoms with Gasteiger partial charge in [0.05, 0.1) is 7.11 Å². The maximum absolute atomic E-state index is 12.9. The van der Waals surface area contributed by atoms with Crippen molar-refractivity contribution in [2.45, 2.75) is 17.9 Å². The third-order valence-corrected chi connectivity index (χ3v) is 6.15. The molecule has 1 amide bonds. The van der Waals surface area contributed by atoms with Crippen LogP contribution in [-0.2, 0) is 16.6 Å². The number of hydrogen-bond acceptors (Lipinski definition) is 5. The maximum atomic E-state index is 12.9. The smallest absolute Gasteiger partial charge is 0.265 e. The van der Waals surface area contributed by atoms with Crippen molar-refractivity contribution < 1.29 is 17.9 Å². The lowest BCUT2D eigenvalue weighted by molar-refractivity contribution is 0.0952. The number of nitrogens with one attached hydrogen (secondary N) is 2. The Balaban J connectivity index is 1.71. The van der Waals surface area contributed by atoms with Crippen LogP contribution in [0.4, 0.5) is 5.69 Å². The minimum Gasteiger partial charge on any atom is -0.495 e. The van der Waals surface area contributed by atoms with Crippen molar-refractivity contribution in [3.05, 3.63) is 71.0 Å². The highest BCUT2D eigenvalue weighted by molar-refractivity contribution is 9.10. The van der Waals surface area contributed by atoms with Gasteiger partial charge in [-0.15, -0.1) is 0 Å². The van der Waals surface area contributed by atoms with Crippen molar-refractivity contribution >= 4 is 37.5 Å². The van der Waals surface area contributed by atoms with Gasteiger partial charge in [0.2, 0.25) is 0 Å². The zero-order valence-corrected chi connectivity index (χ0v) is 18.6. The third kappa shape index (κ3) is 5.61. The molecule has 2 aromatic carbocycles. The minimum atomic E-state index is -3.96. The van der Waals surface area contributed by atoms with E-state index in [2.05, 4.69) is 31.1 Å². The molecule has 0 radical (unpaired) electrons. The molecular weight excluding hydrogens is 472 g/mol. The van der Waals surface area contributed by atoms with Gasteiger partial charge in [-0.05, 0) is 55.0 Å². The van der Waals surface area contributed by atoms with E-state index in [1.807, 2.05) is 12.3 Å². The van der Waals surface area contributed by atoms with Crippen LogP contribution in [0.25, 0.3) is 0 Å². The fourth-order valence-corrected chi connectivity index (χ4v) is 4.25. The average molecular weight is 493 g/mol. The van der Waals surface area contributed by atoms with E-state index in [0.717, 1.165) is 4.47 Å². The van der Waals surface area contributed by atoms with Gasteiger partial charge in [0.25, 0.3) is 15.9 Å². The number of aromatic nitrogens is 2. The number of amides is 1. The second-order valence-corrected chi connectivity index (χ2v) is 8.92. The van der Waals surface area contributed by atoms with Gasteiger partial charge in [0, 0.05) is 41.2 Å². The van der Waals surface area contributed by atoms with E-state index in [4.69, 9.17) is 4.74 Å². The van der Waals surface area contributed by atoms with Crippen molar-refractivity contribution in [1.82, 2.24) is 15.1 Å². The molecule has 0 bridgehead atoms. The topological polar surface area (TPSA) is 102 Å². The summed E-state index contributed by atoms with van der Waals surface area (Å²) in [7, 11) is -2.58. The van der Waals surface area contributed by atoms with Crippen molar-refractivity contribution in [3.63, 3.8) is 0 Å². The lowest BCUT2D eigenvalue weighted by atomic mass is 10.2. The van der Waals surface area contributed by atoms with Crippen LogP contribution in [0.2, 0.25) is 0 Å². The van der Waals surface area contributed by atoms with Crippen molar-refractivity contribution in [2.75, 3.05) is 18.4 Å². The number of benzene rings is 2. The van der Waals surface area contributed by atoms with E-state index in [1.54, 1.807) is 35.1 Å². The second kappa shape index (κ2) is 9.77. The van der Waals surface area contributed by atoms with Crippen LogP contribution in [0.3, 0.4) is 0 Å². The summed E-state index contributed by atoms with van der Waals surface area (Å²) in [5.41, 5.74) is 0.625. The number of carbonyl (C=O) groups is 1. The highest BCUT2D eigenvalue weighted by Crippen LogP contribution is 2.27. The second-order valence-electron chi connectivity index (χ2n) is 6.36. The fraction of sp³-hybridized carbons (Fsp3) is 0.200. The molecule has 0 saturated carbocycles. The number of carbonyl (C=O) groups excluding carboxylic acids is 1. The maximum Gasteiger partial charge on any atom is 0.265 e. The number of ether oxygens (including phenoxy) is 1. The predicted molar refractivity (Wildman–Crippen MR) is 117 cm³/mol. The summed E-state index contributed by atoms with van der Waals surface area (Å²) in [6.45, 7) is 1.11. The molecule has 0 atom stereocenters. The largest absolute Gasteiger partial charge is 0.495 e. The van der Waals surface area contributed by atoms with Gasteiger partial charge in [0.15, 0.2) is 0 Å². The van der Waals surface area contributed by atoms with Crippen LogP contribution < -0.4 is 14.8 Å². The quantitative estimate of drug-likeness (QED) is 0.446. The zero-order chi connectivity index (χ0) is 21.6. The number of aryl methyl sites for hydroxylation is 1. The standard InChI is InChI=1S/C20H21BrN4O4S/c1-29-18-9-4-15(20(26)22-10-2-12-25-13-3-11-23-25)14-19(18)30(27,28)24-17-7-5-16(21)6-8-17/h3-9,11,13-14,24H,2,10,12H2,1H3,(H,22,26). The van der Waals surface area contributed by atoms with Gasteiger partial charge in [-0.2, -0.15) is 5.10 Å². The number of rotatable bonds is 9. The molecule has 158 valence electrons. The number of halogens is 1. The molecule has 0 aliphatic carbocycles. The highest BCUT2D eigenvalue weighted by Gasteiger charge is 2.22. The van der Waals surface area contributed by atoms with E-state index >= 15 is 0 Å². The van der Waals surface area contributed by atoms with Gasteiger partial charge in [-0.1, -0.05) is 15.9 Å². The summed E-state index contributed by atoms with van der Waals surface area (Å²) in [5, 5.41) is 6.89. The Bertz CT molecular complexity index is 1100. The Morgan fingerprint density at radius 1 is 1.20 bits per heavy atom. The van der Waals surface area contributed by atoms with Gasteiger partial charge in [-0.3, -0.25) is 14.2 Å². The van der Waals surface area contributed by atoms with Crippen molar-refractivity contribution in [2.24, 2.45) is 0 Å².